The van der Waals surface area contributed by atoms with Crippen molar-refractivity contribution in [2.45, 2.75) is 20.8 Å². The van der Waals surface area contributed by atoms with Gasteiger partial charge in [0.25, 0.3) is 0 Å². The van der Waals surface area contributed by atoms with E-state index >= 15 is 0 Å². The van der Waals surface area contributed by atoms with E-state index in [1.165, 1.54) is 11.8 Å². The molecule has 0 fully saturated rings. The third-order valence-electron chi connectivity index (χ3n) is 2.20. The van der Waals surface area contributed by atoms with Crippen molar-refractivity contribution in [3.05, 3.63) is 29.5 Å². The lowest BCUT2D eigenvalue weighted by molar-refractivity contribution is 0.228. The van der Waals surface area contributed by atoms with E-state index in [1.807, 2.05) is 6.92 Å². The minimum absolute atomic E-state index is 0.284. The molecular formula is C13H19O4PS2. The first-order valence-corrected chi connectivity index (χ1v) is 9.33. The Morgan fingerprint density at radius 3 is 2.50 bits per heavy atom. The van der Waals surface area contributed by atoms with E-state index in [9.17, 15) is 4.57 Å². The molecule has 1 aromatic rings. The van der Waals surface area contributed by atoms with E-state index in [0.29, 0.717) is 15.3 Å². The lowest BCUT2D eigenvalue weighted by Gasteiger charge is -2.20. The molecule has 0 radical (unpaired) electrons. The third-order valence-corrected chi connectivity index (χ3v) is 5.99. The first-order chi connectivity index (χ1) is 9.57. The number of thiocarbonyl (C=S) groups is 1. The van der Waals surface area contributed by atoms with Crippen LogP contribution in [0.1, 0.15) is 26.5 Å². The van der Waals surface area contributed by atoms with Gasteiger partial charge in [-0.3, -0.25) is 4.57 Å². The van der Waals surface area contributed by atoms with Gasteiger partial charge in [0.2, 0.25) is 0 Å². The predicted octanol–water partition coefficient (Wildman–Crippen LogP) is 4.97. The van der Waals surface area contributed by atoms with Crippen molar-refractivity contribution >= 4 is 41.8 Å². The van der Waals surface area contributed by atoms with Crippen LogP contribution in [0.4, 0.5) is 0 Å². The maximum atomic E-state index is 12.9. The van der Waals surface area contributed by atoms with Crippen molar-refractivity contribution in [1.29, 1.82) is 0 Å². The van der Waals surface area contributed by atoms with Crippen LogP contribution < -0.4 is 0 Å². The second kappa shape index (κ2) is 8.80. The normalized spacial score (nSPS) is 12.7. The molecule has 112 valence electrons. The molecule has 0 N–H and O–H groups in total. The minimum atomic E-state index is -3.42. The van der Waals surface area contributed by atoms with Crippen molar-refractivity contribution in [3.8, 4) is 0 Å². The van der Waals surface area contributed by atoms with Crippen molar-refractivity contribution in [3.63, 3.8) is 0 Å². The zero-order valence-corrected chi connectivity index (χ0v) is 14.4. The Morgan fingerprint density at radius 2 is 2.05 bits per heavy atom. The van der Waals surface area contributed by atoms with Gasteiger partial charge in [0.05, 0.1) is 29.0 Å². The molecule has 20 heavy (non-hydrogen) atoms. The number of hydrogen-bond donors (Lipinski definition) is 0. The second-order valence-electron chi connectivity index (χ2n) is 3.60. The highest BCUT2D eigenvalue weighted by Gasteiger charge is 2.32. The molecule has 4 nitrogen and oxygen atoms in total. The third kappa shape index (κ3) is 4.86. The Balaban J connectivity index is 3.20. The van der Waals surface area contributed by atoms with Gasteiger partial charge in [0.15, 0.2) is 0 Å². The largest absolute Gasteiger partial charge is 0.465 e. The quantitative estimate of drug-likeness (QED) is 0.380. The van der Waals surface area contributed by atoms with Crippen LogP contribution in [0.3, 0.4) is 0 Å². The van der Waals surface area contributed by atoms with Gasteiger partial charge < -0.3 is 13.5 Å². The van der Waals surface area contributed by atoms with Crippen LogP contribution in [-0.2, 0) is 13.6 Å². The fourth-order valence-corrected chi connectivity index (χ4v) is 4.77. The van der Waals surface area contributed by atoms with Crippen LogP contribution in [0.15, 0.2) is 28.1 Å². The summed E-state index contributed by atoms with van der Waals surface area (Å²) in [5, 5.41) is 0.387. The maximum Gasteiger partial charge on any atom is 0.363 e. The van der Waals surface area contributed by atoms with Gasteiger partial charge in [-0.25, -0.2) is 0 Å². The molecule has 0 unspecified atom stereocenters. The average Bonchev–Trinajstić information content (AvgIpc) is 2.89. The van der Waals surface area contributed by atoms with Crippen molar-refractivity contribution in [1.82, 2.24) is 0 Å². The molecule has 0 aliphatic rings. The molecular weight excluding hydrogens is 315 g/mol. The smallest absolute Gasteiger partial charge is 0.363 e. The summed E-state index contributed by atoms with van der Waals surface area (Å²) in [5.41, 5.74) is 0. The molecule has 0 aromatic carbocycles. The van der Waals surface area contributed by atoms with Gasteiger partial charge in [-0.15, -0.1) is 11.8 Å². The Morgan fingerprint density at radius 1 is 1.40 bits per heavy atom. The molecule has 0 saturated heterocycles. The second-order valence-corrected chi connectivity index (χ2v) is 7.53. The van der Waals surface area contributed by atoms with E-state index in [0.717, 1.165) is 5.75 Å². The zero-order chi connectivity index (χ0) is 15.0. The Kier molecular flexibility index (Phi) is 7.77. The summed E-state index contributed by atoms with van der Waals surface area (Å²) in [6.07, 6.45) is 3.18. The Bertz CT molecular complexity index is 486. The van der Waals surface area contributed by atoms with Gasteiger partial charge >= 0.3 is 7.60 Å². The molecule has 0 bridgehead atoms. The summed E-state index contributed by atoms with van der Waals surface area (Å²) in [6.45, 7) is 6.09. The average molecular weight is 334 g/mol. The number of thioether (sulfide) groups is 1. The number of hydrogen-bond acceptors (Lipinski definition) is 6. The van der Waals surface area contributed by atoms with Crippen molar-refractivity contribution < 1.29 is 18.0 Å². The van der Waals surface area contributed by atoms with Crippen LogP contribution in [0.2, 0.25) is 0 Å². The zero-order valence-electron chi connectivity index (χ0n) is 11.8. The van der Waals surface area contributed by atoms with Crippen molar-refractivity contribution in [2.24, 2.45) is 0 Å². The van der Waals surface area contributed by atoms with Gasteiger partial charge in [-0.1, -0.05) is 19.1 Å². The molecule has 0 spiro atoms. The predicted molar refractivity (Wildman–Crippen MR) is 88.3 cm³/mol. The number of rotatable bonds is 8. The topological polar surface area (TPSA) is 48.7 Å². The highest BCUT2D eigenvalue weighted by molar-refractivity contribution is 8.24. The van der Waals surface area contributed by atoms with Gasteiger partial charge in [-0.2, -0.15) is 0 Å². The SMILES string of the molecule is CCOP(=O)(OCC)/C(=C/c1ccco1)C(=S)SCC. The fourth-order valence-electron chi connectivity index (χ4n) is 1.48. The van der Waals surface area contributed by atoms with Crippen molar-refractivity contribution in [2.75, 3.05) is 19.0 Å². The molecule has 0 atom stereocenters. The number of furan rings is 1. The van der Waals surface area contributed by atoms with Crippen LogP contribution in [0.25, 0.3) is 6.08 Å². The molecule has 7 heteroatoms. The fraction of sp³-hybridized carbons (Fsp3) is 0.462. The summed E-state index contributed by atoms with van der Waals surface area (Å²) in [5.74, 6) is 1.35. The Labute approximate surface area is 129 Å². The molecule has 0 amide bonds. The minimum Gasteiger partial charge on any atom is -0.465 e. The van der Waals surface area contributed by atoms with E-state index in [2.05, 4.69) is 0 Å². The van der Waals surface area contributed by atoms with Crippen LogP contribution in [-0.4, -0.2) is 23.2 Å². The first kappa shape index (κ1) is 17.7. The highest BCUT2D eigenvalue weighted by Crippen LogP contribution is 2.58. The standard InChI is InChI=1S/C13H19O4PS2/c1-4-16-18(14,17-5-2)12(13(19)20-6-3)10-11-8-7-9-15-11/h7-10H,4-6H2,1-3H3/b12-10+. The van der Waals surface area contributed by atoms with Crippen LogP contribution in [0.5, 0.6) is 0 Å². The van der Waals surface area contributed by atoms with Crippen LogP contribution >= 0.6 is 31.6 Å². The van der Waals surface area contributed by atoms with Crippen LogP contribution in [0, 0.1) is 0 Å². The first-order valence-electron chi connectivity index (χ1n) is 6.39. The van der Waals surface area contributed by atoms with E-state index in [1.54, 1.807) is 38.3 Å². The Hall–Kier alpha value is -0.390. The lowest BCUT2D eigenvalue weighted by atomic mass is 10.4. The molecule has 1 rings (SSSR count). The van der Waals surface area contributed by atoms with Gasteiger partial charge in [0.1, 0.15) is 5.76 Å². The summed E-state index contributed by atoms with van der Waals surface area (Å²) in [4.78, 5) is 0. The summed E-state index contributed by atoms with van der Waals surface area (Å²) in [7, 11) is -3.42. The molecule has 0 aliphatic heterocycles. The maximum absolute atomic E-state index is 12.9. The van der Waals surface area contributed by atoms with Gasteiger partial charge in [-0.05, 0) is 37.8 Å². The lowest BCUT2D eigenvalue weighted by Crippen LogP contribution is -2.04. The monoisotopic (exact) mass is 334 g/mol. The van der Waals surface area contributed by atoms with E-state index in [4.69, 9.17) is 25.7 Å². The summed E-state index contributed by atoms with van der Waals surface area (Å²) >= 11 is 6.77. The molecule has 0 saturated carbocycles. The summed E-state index contributed by atoms with van der Waals surface area (Å²) in [6, 6.07) is 3.52. The molecule has 0 aliphatic carbocycles. The highest BCUT2D eigenvalue weighted by atomic mass is 32.2. The molecule has 1 heterocycles. The van der Waals surface area contributed by atoms with E-state index < -0.39 is 7.60 Å². The van der Waals surface area contributed by atoms with E-state index in [-0.39, 0.29) is 13.2 Å². The molecule has 1 aromatic heterocycles. The summed E-state index contributed by atoms with van der Waals surface area (Å²) < 4.78 is 29.4. The van der Waals surface area contributed by atoms with Gasteiger partial charge in [0, 0.05) is 0 Å².